The predicted molar refractivity (Wildman–Crippen MR) is 159 cm³/mol. The summed E-state index contributed by atoms with van der Waals surface area (Å²) in [7, 11) is 0. The van der Waals surface area contributed by atoms with Crippen LogP contribution in [0.1, 0.15) is 32.5 Å². The van der Waals surface area contributed by atoms with Crippen LogP contribution in [-0.2, 0) is 6.42 Å². The van der Waals surface area contributed by atoms with Gasteiger partial charge in [0.1, 0.15) is 0 Å². The zero-order valence-corrected chi connectivity index (χ0v) is 22.8. The monoisotopic (exact) mass is 545 g/mol. The van der Waals surface area contributed by atoms with Crippen molar-refractivity contribution in [2.75, 3.05) is 24.5 Å². The molecule has 0 fully saturated rings. The molecule has 2 N–H and O–H groups in total. The van der Waals surface area contributed by atoms with Gasteiger partial charge in [0.25, 0.3) is 5.91 Å². The van der Waals surface area contributed by atoms with E-state index >= 15 is 0 Å². The number of hydrogen-bond donors (Lipinski definition) is 2. The lowest BCUT2D eigenvalue weighted by molar-refractivity contribution is 0.0914. The largest absolute Gasteiger partial charge is 0.417 e. The lowest BCUT2D eigenvalue weighted by atomic mass is 10.0. The zero-order valence-electron chi connectivity index (χ0n) is 22.8. The van der Waals surface area contributed by atoms with E-state index in [0.717, 1.165) is 28.1 Å². The quantitative estimate of drug-likeness (QED) is 0.225. The van der Waals surface area contributed by atoms with Gasteiger partial charge < -0.3 is 20.0 Å². The summed E-state index contributed by atoms with van der Waals surface area (Å²) in [6.07, 6.45) is 0.309. The van der Waals surface area contributed by atoms with E-state index in [1.54, 1.807) is 12.1 Å². The maximum absolute atomic E-state index is 12.7. The smallest absolute Gasteiger partial charge is 0.308 e. The van der Waals surface area contributed by atoms with E-state index in [4.69, 9.17) is 4.42 Å². The van der Waals surface area contributed by atoms with Crippen LogP contribution in [-0.4, -0.2) is 41.6 Å². The first-order valence-electron chi connectivity index (χ1n) is 13.5. The molecule has 2 amide bonds. The molecule has 0 radical (unpaired) electrons. The Kier molecular flexibility index (Phi) is 8.81. The molecular formula is C33H31N5O3. The van der Waals surface area contributed by atoms with Crippen LogP contribution in [0.3, 0.4) is 0 Å². The number of rotatable bonds is 11. The number of nitrogens with zero attached hydrogens (tertiary/aromatic N) is 3. The van der Waals surface area contributed by atoms with Gasteiger partial charge in [0.2, 0.25) is 5.89 Å². The van der Waals surface area contributed by atoms with Crippen LogP contribution in [0.25, 0.3) is 11.1 Å². The van der Waals surface area contributed by atoms with E-state index < -0.39 is 5.91 Å². The molecule has 5 rings (SSSR count). The minimum atomic E-state index is -0.441. The van der Waals surface area contributed by atoms with Crippen LogP contribution in [0.2, 0.25) is 0 Å². The second-order valence-corrected chi connectivity index (χ2v) is 9.53. The Morgan fingerprint density at radius 1 is 0.707 bits per heavy atom. The number of hydrogen-bond acceptors (Lipinski definition) is 6. The Hall–Kier alpha value is -5.24. The maximum atomic E-state index is 12.7. The molecule has 0 saturated carbocycles. The average molecular weight is 546 g/mol. The van der Waals surface area contributed by atoms with E-state index in [1.807, 2.05) is 84.9 Å². The third-order valence-electron chi connectivity index (χ3n) is 6.54. The van der Waals surface area contributed by atoms with Gasteiger partial charge in [-0.3, -0.25) is 9.59 Å². The third kappa shape index (κ3) is 7.24. The molecule has 0 atom stereocenters. The van der Waals surface area contributed by atoms with Gasteiger partial charge in [-0.15, -0.1) is 10.2 Å². The Morgan fingerprint density at radius 2 is 1.37 bits per heavy atom. The number of para-hydroxylation sites is 1. The maximum Gasteiger partial charge on any atom is 0.308 e. The second kappa shape index (κ2) is 13.2. The zero-order chi connectivity index (χ0) is 28.4. The third-order valence-corrected chi connectivity index (χ3v) is 6.54. The highest BCUT2D eigenvalue weighted by molar-refractivity contribution is 5.94. The van der Waals surface area contributed by atoms with Gasteiger partial charge in [-0.05, 0) is 60.0 Å². The Labute approximate surface area is 239 Å². The van der Waals surface area contributed by atoms with E-state index in [-0.39, 0.29) is 17.7 Å². The van der Waals surface area contributed by atoms with Crippen molar-refractivity contribution in [3.05, 3.63) is 132 Å². The van der Waals surface area contributed by atoms with Crippen molar-refractivity contribution >= 4 is 23.2 Å². The molecule has 0 saturated heterocycles. The number of anilines is 2. The molecule has 5 aromatic rings. The number of aryl methyl sites for hydroxylation is 1. The van der Waals surface area contributed by atoms with E-state index in [9.17, 15) is 9.59 Å². The molecule has 1 aromatic heterocycles. The minimum Gasteiger partial charge on any atom is -0.417 e. The first-order valence-corrected chi connectivity index (χ1v) is 13.5. The van der Waals surface area contributed by atoms with Crippen molar-refractivity contribution in [2.24, 2.45) is 0 Å². The summed E-state index contributed by atoms with van der Waals surface area (Å²) in [5.41, 5.74) is 5.92. The summed E-state index contributed by atoms with van der Waals surface area (Å²) in [5.74, 6) is -0.465. The normalized spacial score (nSPS) is 10.7. The molecule has 0 aliphatic carbocycles. The molecule has 1 heterocycles. The number of carbonyl (C=O) groups is 2. The van der Waals surface area contributed by atoms with Crippen molar-refractivity contribution in [3.63, 3.8) is 0 Å². The Bertz CT molecular complexity index is 1580. The summed E-state index contributed by atoms with van der Waals surface area (Å²) in [5, 5.41) is 13.6. The fraction of sp³-hybridized carbons (Fsp3) is 0.152. The standard InChI is InChI=1S/C33H31N5O3/c1-24-9-8-14-29(23-24)38(28-12-6-3-7-13-28)22-21-35-32(40)33-37-36-30(41-33)19-20-34-31(39)27-17-15-26(16-18-27)25-10-4-2-5-11-25/h2-18,23H,19-22H2,1H3,(H,34,39)(H,35,40). The molecule has 0 aliphatic rings. The lowest BCUT2D eigenvalue weighted by Gasteiger charge is -2.25. The van der Waals surface area contributed by atoms with E-state index in [2.05, 4.69) is 44.8 Å². The molecular weight excluding hydrogens is 514 g/mol. The van der Waals surface area contributed by atoms with E-state index in [1.165, 1.54) is 0 Å². The topological polar surface area (TPSA) is 100 Å². The fourth-order valence-corrected chi connectivity index (χ4v) is 4.44. The summed E-state index contributed by atoms with van der Waals surface area (Å²) >= 11 is 0. The second-order valence-electron chi connectivity index (χ2n) is 9.53. The van der Waals surface area contributed by atoms with Crippen LogP contribution >= 0.6 is 0 Å². The number of nitrogens with one attached hydrogen (secondary N) is 2. The van der Waals surface area contributed by atoms with Gasteiger partial charge >= 0.3 is 11.8 Å². The lowest BCUT2D eigenvalue weighted by Crippen LogP contribution is -2.33. The predicted octanol–water partition coefficient (Wildman–Crippen LogP) is 5.59. The summed E-state index contributed by atoms with van der Waals surface area (Å²) < 4.78 is 5.54. The van der Waals surface area contributed by atoms with Crippen LogP contribution in [0.15, 0.2) is 114 Å². The summed E-state index contributed by atoms with van der Waals surface area (Å²) in [6.45, 7) is 3.28. The van der Waals surface area contributed by atoms with Crippen LogP contribution < -0.4 is 15.5 Å². The highest BCUT2D eigenvalue weighted by atomic mass is 16.4. The number of aromatic nitrogens is 2. The van der Waals surface area contributed by atoms with Crippen molar-refractivity contribution in [1.29, 1.82) is 0 Å². The molecule has 0 spiro atoms. The van der Waals surface area contributed by atoms with Gasteiger partial charge in [0, 0.05) is 43.0 Å². The van der Waals surface area contributed by atoms with Gasteiger partial charge in [-0.25, -0.2) is 0 Å². The highest BCUT2D eigenvalue weighted by Crippen LogP contribution is 2.25. The first kappa shape index (κ1) is 27.3. The molecule has 206 valence electrons. The van der Waals surface area contributed by atoms with Crippen molar-refractivity contribution < 1.29 is 14.0 Å². The molecule has 8 nitrogen and oxygen atoms in total. The molecule has 4 aromatic carbocycles. The minimum absolute atomic E-state index is 0.107. The fourth-order valence-electron chi connectivity index (χ4n) is 4.44. The van der Waals surface area contributed by atoms with Crippen molar-refractivity contribution in [1.82, 2.24) is 20.8 Å². The van der Waals surface area contributed by atoms with Crippen LogP contribution in [0, 0.1) is 6.92 Å². The van der Waals surface area contributed by atoms with Crippen molar-refractivity contribution in [2.45, 2.75) is 13.3 Å². The SMILES string of the molecule is Cc1cccc(N(CCNC(=O)c2nnc(CCNC(=O)c3ccc(-c4ccccc4)cc3)o2)c2ccccc2)c1. The molecule has 0 aliphatic heterocycles. The average Bonchev–Trinajstić information content (AvgIpc) is 3.49. The number of benzene rings is 4. The number of amides is 2. The van der Waals surface area contributed by atoms with Gasteiger partial charge in [-0.2, -0.15) is 0 Å². The molecule has 8 heteroatoms. The van der Waals surface area contributed by atoms with Crippen molar-refractivity contribution in [3.8, 4) is 11.1 Å². The summed E-state index contributed by atoms with van der Waals surface area (Å²) in [4.78, 5) is 27.4. The van der Waals surface area contributed by atoms with Gasteiger partial charge in [0.15, 0.2) is 0 Å². The summed E-state index contributed by atoms with van der Waals surface area (Å²) in [6, 6.07) is 35.7. The van der Waals surface area contributed by atoms with Crippen LogP contribution in [0.5, 0.6) is 0 Å². The molecule has 0 unspecified atom stereocenters. The Morgan fingerprint density at radius 3 is 2.10 bits per heavy atom. The Balaban J connectivity index is 1.10. The van der Waals surface area contributed by atoms with Gasteiger partial charge in [0.05, 0.1) is 0 Å². The van der Waals surface area contributed by atoms with E-state index in [0.29, 0.717) is 31.6 Å². The highest BCUT2D eigenvalue weighted by Gasteiger charge is 2.16. The van der Waals surface area contributed by atoms with Crippen LogP contribution in [0.4, 0.5) is 11.4 Å². The molecule has 0 bridgehead atoms. The number of carbonyl (C=O) groups excluding carboxylic acids is 2. The van der Waals surface area contributed by atoms with Gasteiger partial charge in [-0.1, -0.05) is 72.8 Å². The molecule has 41 heavy (non-hydrogen) atoms. The first-order chi connectivity index (χ1) is 20.1.